The van der Waals surface area contributed by atoms with Crippen molar-refractivity contribution in [2.75, 3.05) is 0 Å². The molecule has 2 nitrogen and oxygen atoms in total. The lowest BCUT2D eigenvalue weighted by Gasteiger charge is -2.41. The van der Waals surface area contributed by atoms with Crippen molar-refractivity contribution in [2.24, 2.45) is 0 Å². The molecule has 1 aliphatic rings. The molecule has 0 heterocycles. The zero-order chi connectivity index (χ0) is 11.7. The van der Waals surface area contributed by atoms with Crippen LogP contribution in [0.4, 0.5) is 0 Å². The summed E-state index contributed by atoms with van der Waals surface area (Å²) in [6, 6.07) is 0. The fourth-order valence-electron chi connectivity index (χ4n) is 1.82. The van der Waals surface area contributed by atoms with Crippen LogP contribution in [0.15, 0.2) is 0 Å². The highest BCUT2D eigenvalue weighted by atomic mass is 28.4. The molecule has 1 aliphatic carbocycles. The lowest BCUT2D eigenvalue weighted by molar-refractivity contribution is 0.0465. The second kappa shape index (κ2) is 4.56. The molecule has 1 N–H and O–H groups in total. The molecule has 15 heavy (non-hydrogen) atoms. The third kappa shape index (κ3) is 3.57. The number of aliphatic hydroxyl groups is 1. The second-order valence-corrected chi connectivity index (χ2v) is 11.1. The minimum atomic E-state index is -1.63. The van der Waals surface area contributed by atoms with E-state index in [1.165, 1.54) is 0 Å². The summed E-state index contributed by atoms with van der Waals surface area (Å²) in [5.74, 6) is 0. The Morgan fingerprint density at radius 3 is 2.27 bits per heavy atom. The first-order chi connectivity index (χ1) is 6.72. The Morgan fingerprint density at radius 2 is 1.80 bits per heavy atom. The van der Waals surface area contributed by atoms with Crippen LogP contribution < -0.4 is 0 Å². The molecule has 2 atom stereocenters. The Hall–Kier alpha value is 0.137. The monoisotopic (exact) mass is 230 g/mol. The second-order valence-electron chi connectivity index (χ2n) is 6.32. The van der Waals surface area contributed by atoms with Gasteiger partial charge in [0.25, 0.3) is 0 Å². The van der Waals surface area contributed by atoms with Gasteiger partial charge in [-0.05, 0) is 43.8 Å². The molecule has 1 saturated carbocycles. The summed E-state index contributed by atoms with van der Waals surface area (Å²) in [6.07, 6.45) is 4.21. The number of rotatable bonds is 2. The molecule has 0 aromatic rings. The normalized spacial score (nSPS) is 29.2. The van der Waals surface area contributed by atoms with Crippen LogP contribution in [0.25, 0.3) is 0 Å². The van der Waals surface area contributed by atoms with Gasteiger partial charge in [0.05, 0.1) is 6.10 Å². The van der Waals surface area contributed by atoms with Gasteiger partial charge >= 0.3 is 0 Å². The van der Waals surface area contributed by atoms with Crippen molar-refractivity contribution >= 4 is 8.32 Å². The van der Waals surface area contributed by atoms with Gasteiger partial charge in [0.2, 0.25) is 0 Å². The predicted molar refractivity (Wildman–Crippen MR) is 66.5 cm³/mol. The Balaban J connectivity index is 2.53. The first kappa shape index (κ1) is 13.2. The summed E-state index contributed by atoms with van der Waals surface area (Å²) in [5.41, 5.74) is 0. The molecule has 0 unspecified atom stereocenters. The molecule has 0 radical (unpaired) electrons. The van der Waals surface area contributed by atoms with Gasteiger partial charge in [0.15, 0.2) is 8.32 Å². The highest BCUT2D eigenvalue weighted by Crippen LogP contribution is 2.39. The molecule has 0 bridgehead atoms. The van der Waals surface area contributed by atoms with Crippen molar-refractivity contribution in [2.45, 2.75) is 76.8 Å². The van der Waals surface area contributed by atoms with Gasteiger partial charge in [0.1, 0.15) is 0 Å². The topological polar surface area (TPSA) is 29.5 Å². The molecule has 0 amide bonds. The van der Waals surface area contributed by atoms with E-state index in [2.05, 4.69) is 33.9 Å². The number of hydrogen-bond donors (Lipinski definition) is 1. The van der Waals surface area contributed by atoms with Crippen molar-refractivity contribution in [3.05, 3.63) is 0 Å². The average molecular weight is 230 g/mol. The van der Waals surface area contributed by atoms with E-state index in [0.29, 0.717) is 6.10 Å². The van der Waals surface area contributed by atoms with E-state index in [4.69, 9.17) is 4.43 Å². The average Bonchev–Trinajstić information content (AvgIpc) is 2.00. The summed E-state index contributed by atoms with van der Waals surface area (Å²) in [4.78, 5) is 0. The molecular formula is C12H26O2Si. The summed E-state index contributed by atoms with van der Waals surface area (Å²) in [6.45, 7) is 11.4. The maximum absolute atomic E-state index is 9.61. The maximum atomic E-state index is 9.61. The summed E-state index contributed by atoms with van der Waals surface area (Å²) < 4.78 is 6.29. The van der Waals surface area contributed by atoms with Gasteiger partial charge in [-0.15, -0.1) is 0 Å². The first-order valence-electron chi connectivity index (χ1n) is 6.08. The minimum absolute atomic E-state index is 0.131. The molecule has 0 aromatic heterocycles. The van der Waals surface area contributed by atoms with Gasteiger partial charge in [-0.25, -0.2) is 0 Å². The van der Waals surface area contributed by atoms with Crippen molar-refractivity contribution in [3.63, 3.8) is 0 Å². The van der Waals surface area contributed by atoms with Crippen molar-refractivity contribution in [3.8, 4) is 0 Å². The summed E-state index contributed by atoms with van der Waals surface area (Å²) >= 11 is 0. The molecule has 0 saturated heterocycles. The molecular weight excluding hydrogens is 204 g/mol. The Morgan fingerprint density at radius 1 is 1.20 bits per heavy atom. The van der Waals surface area contributed by atoms with E-state index in [1.54, 1.807) is 0 Å². The Labute approximate surface area is 95.2 Å². The smallest absolute Gasteiger partial charge is 0.192 e. The molecule has 0 spiro atoms. The molecule has 1 fully saturated rings. The maximum Gasteiger partial charge on any atom is 0.192 e. The van der Waals surface area contributed by atoms with E-state index in [-0.39, 0.29) is 11.1 Å². The predicted octanol–water partition coefficient (Wildman–Crippen LogP) is 3.31. The largest absolute Gasteiger partial charge is 0.414 e. The quantitative estimate of drug-likeness (QED) is 0.738. The highest BCUT2D eigenvalue weighted by Gasteiger charge is 2.39. The minimum Gasteiger partial charge on any atom is -0.414 e. The van der Waals surface area contributed by atoms with Crippen molar-refractivity contribution in [1.82, 2.24) is 0 Å². The van der Waals surface area contributed by atoms with E-state index in [1.807, 2.05) is 0 Å². The van der Waals surface area contributed by atoms with Gasteiger partial charge in [-0.2, -0.15) is 0 Å². The van der Waals surface area contributed by atoms with Gasteiger partial charge in [0, 0.05) is 6.10 Å². The zero-order valence-corrected chi connectivity index (χ0v) is 11.8. The van der Waals surface area contributed by atoms with E-state index in [0.717, 1.165) is 25.7 Å². The van der Waals surface area contributed by atoms with Crippen LogP contribution in [0.5, 0.6) is 0 Å². The van der Waals surface area contributed by atoms with Crippen LogP contribution in [-0.4, -0.2) is 25.6 Å². The SMILES string of the molecule is CC(C)(C)[Si](C)(C)O[C@H]1CCC[C@H](O)C1. The first-order valence-corrected chi connectivity index (χ1v) is 8.99. The third-order valence-electron chi connectivity index (χ3n) is 3.87. The zero-order valence-electron chi connectivity index (χ0n) is 10.8. The van der Waals surface area contributed by atoms with Crippen LogP contribution in [0.3, 0.4) is 0 Å². The van der Waals surface area contributed by atoms with Crippen molar-refractivity contribution in [1.29, 1.82) is 0 Å². The van der Waals surface area contributed by atoms with Gasteiger partial charge in [-0.1, -0.05) is 20.8 Å². The van der Waals surface area contributed by atoms with E-state index in [9.17, 15) is 5.11 Å². The van der Waals surface area contributed by atoms with Crippen LogP contribution in [0, 0.1) is 0 Å². The molecule has 90 valence electrons. The fourth-order valence-corrected chi connectivity index (χ4v) is 3.22. The highest BCUT2D eigenvalue weighted by molar-refractivity contribution is 6.74. The number of hydrogen-bond acceptors (Lipinski definition) is 2. The standard InChI is InChI=1S/C12H26O2Si/c1-12(2,3)15(4,5)14-11-8-6-7-10(13)9-11/h10-11,13H,6-9H2,1-5H3/t10-,11-/m0/s1. The molecule has 0 aromatic carbocycles. The lowest BCUT2D eigenvalue weighted by Crippen LogP contribution is -2.45. The van der Waals surface area contributed by atoms with E-state index < -0.39 is 8.32 Å². The Bertz CT molecular complexity index is 208. The summed E-state index contributed by atoms with van der Waals surface area (Å²) in [5, 5.41) is 9.89. The Kier molecular flexibility index (Phi) is 4.01. The lowest BCUT2D eigenvalue weighted by atomic mass is 9.95. The van der Waals surface area contributed by atoms with Crippen LogP contribution >= 0.6 is 0 Å². The van der Waals surface area contributed by atoms with Crippen LogP contribution in [0.1, 0.15) is 46.5 Å². The summed E-state index contributed by atoms with van der Waals surface area (Å²) in [7, 11) is -1.63. The molecule has 0 aliphatic heterocycles. The fraction of sp³-hybridized carbons (Fsp3) is 1.00. The van der Waals surface area contributed by atoms with Crippen LogP contribution in [0.2, 0.25) is 18.1 Å². The van der Waals surface area contributed by atoms with Crippen LogP contribution in [-0.2, 0) is 4.43 Å². The van der Waals surface area contributed by atoms with E-state index >= 15 is 0 Å². The van der Waals surface area contributed by atoms with Gasteiger partial charge in [-0.3, -0.25) is 0 Å². The molecule has 3 heteroatoms. The number of aliphatic hydroxyl groups excluding tert-OH is 1. The van der Waals surface area contributed by atoms with Crippen molar-refractivity contribution < 1.29 is 9.53 Å². The van der Waals surface area contributed by atoms with Gasteiger partial charge < -0.3 is 9.53 Å². The molecule has 1 rings (SSSR count). The third-order valence-corrected chi connectivity index (χ3v) is 8.40.